The molecule has 0 bridgehead atoms. The van der Waals surface area contributed by atoms with Crippen LogP contribution in [-0.2, 0) is 0 Å². The van der Waals surface area contributed by atoms with Gasteiger partial charge in [0.1, 0.15) is 5.69 Å². The van der Waals surface area contributed by atoms with Crippen LogP contribution in [-0.4, -0.2) is 20.8 Å². The van der Waals surface area contributed by atoms with E-state index in [9.17, 15) is 4.79 Å². The maximum atomic E-state index is 11.0. The smallest absolute Gasteiger partial charge is 0.181 e. The molecule has 1 aromatic carbocycles. The van der Waals surface area contributed by atoms with E-state index in [0.29, 0.717) is 11.3 Å². The van der Waals surface area contributed by atoms with E-state index in [-0.39, 0.29) is 5.78 Å². The zero-order valence-corrected chi connectivity index (χ0v) is 8.58. The third-order valence-corrected chi connectivity index (χ3v) is 2.12. The molecule has 78 valence electrons. The van der Waals surface area contributed by atoms with Gasteiger partial charge in [-0.2, -0.15) is 5.26 Å². The zero-order valence-electron chi connectivity index (χ0n) is 8.58. The average molecular weight is 212 g/mol. The van der Waals surface area contributed by atoms with Crippen LogP contribution in [0.25, 0.3) is 5.69 Å². The molecule has 5 heteroatoms. The van der Waals surface area contributed by atoms with Crippen LogP contribution in [0.1, 0.15) is 23.0 Å². The van der Waals surface area contributed by atoms with E-state index >= 15 is 0 Å². The van der Waals surface area contributed by atoms with Gasteiger partial charge >= 0.3 is 0 Å². The Bertz CT molecular complexity index is 562. The summed E-state index contributed by atoms with van der Waals surface area (Å²) in [5, 5.41) is 16.2. The molecule has 0 saturated carbocycles. The Balaban J connectivity index is 2.36. The molecule has 0 fully saturated rings. The summed E-state index contributed by atoms with van der Waals surface area (Å²) >= 11 is 0. The minimum atomic E-state index is -0.125. The highest BCUT2D eigenvalue weighted by atomic mass is 16.1. The Morgan fingerprint density at radius 1 is 1.38 bits per heavy atom. The van der Waals surface area contributed by atoms with Crippen LogP contribution in [0.5, 0.6) is 0 Å². The first-order valence-electron chi connectivity index (χ1n) is 4.64. The first-order valence-corrected chi connectivity index (χ1v) is 4.64. The maximum absolute atomic E-state index is 11.0. The third-order valence-electron chi connectivity index (χ3n) is 2.12. The number of nitriles is 1. The van der Waals surface area contributed by atoms with Crippen molar-refractivity contribution in [3.63, 3.8) is 0 Å². The number of rotatable bonds is 2. The van der Waals surface area contributed by atoms with Gasteiger partial charge in [-0.15, -0.1) is 5.10 Å². The molecule has 0 aliphatic carbocycles. The highest BCUT2D eigenvalue weighted by Crippen LogP contribution is 2.08. The second kappa shape index (κ2) is 3.95. The molecule has 5 nitrogen and oxygen atoms in total. The van der Waals surface area contributed by atoms with E-state index in [4.69, 9.17) is 5.26 Å². The summed E-state index contributed by atoms with van der Waals surface area (Å²) in [6, 6.07) is 8.89. The van der Waals surface area contributed by atoms with Gasteiger partial charge in [-0.1, -0.05) is 5.21 Å². The maximum Gasteiger partial charge on any atom is 0.181 e. The lowest BCUT2D eigenvalue weighted by atomic mass is 10.2. The predicted molar refractivity (Wildman–Crippen MR) is 56.1 cm³/mol. The van der Waals surface area contributed by atoms with Crippen LogP contribution in [0.3, 0.4) is 0 Å². The second-order valence-electron chi connectivity index (χ2n) is 3.26. The van der Waals surface area contributed by atoms with Gasteiger partial charge in [-0.05, 0) is 24.3 Å². The molecular formula is C11H8N4O. The Hall–Kier alpha value is -2.48. The highest BCUT2D eigenvalue weighted by Gasteiger charge is 2.06. The van der Waals surface area contributed by atoms with Crippen LogP contribution in [0, 0.1) is 11.3 Å². The van der Waals surface area contributed by atoms with Crippen molar-refractivity contribution < 1.29 is 4.79 Å². The van der Waals surface area contributed by atoms with Crippen molar-refractivity contribution in [1.82, 2.24) is 15.0 Å². The van der Waals surface area contributed by atoms with E-state index in [2.05, 4.69) is 10.3 Å². The molecule has 0 spiro atoms. The molecule has 0 unspecified atom stereocenters. The molecule has 0 amide bonds. The molecule has 0 saturated heterocycles. The van der Waals surface area contributed by atoms with Gasteiger partial charge in [0.05, 0.1) is 23.5 Å². The molecule has 2 rings (SSSR count). The third kappa shape index (κ3) is 1.81. The first-order chi connectivity index (χ1) is 7.70. The number of hydrogen-bond acceptors (Lipinski definition) is 4. The van der Waals surface area contributed by atoms with Crippen molar-refractivity contribution in [2.24, 2.45) is 0 Å². The lowest BCUT2D eigenvalue weighted by molar-refractivity contribution is 0.101. The van der Waals surface area contributed by atoms with Crippen molar-refractivity contribution in [2.75, 3.05) is 0 Å². The van der Waals surface area contributed by atoms with Crippen LogP contribution >= 0.6 is 0 Å². The van der Waals surface area contributed by atoms with Crippen molar-refractivity contribution >= 4 is 5.78 Å². The molecule has 1 heterocycles. The summed E-state index contributed by atoms with van der Waals surface area (Å²) in [5.74, 6) is -0.125. The normalized spacial score (nSPS) is 9.75. The molecular weight excluding hydrogens is 204 g/mol. The lowest BCUT2D eigenvalue weighted by Crippen LogP contribution is -1.94. The van der Waals surface area contributed by atoms with E-state index in [1.54, 1.807) is 30.5 Å². The summed E-state index contributed by atoms with van der Waals surface area (Å²) in [5.41, 5.74) is 1.67. The van der Waals surface area contributed by atoms with Crippen LogP contribution in [0.2, 0.25) is 0 Å². The van der Waals surface area contributed by atoms with Crippen LogP contribution in [0.4, 0.5) is 0 Å². The molecule has 0 atom stereocenters. The number of Topliss-reactive ketones (excluding diaryl/α,β-unsaturated/α-hetero) is 1. The highest BCUT2D eigenvalue weighted by molar-refractivity contribution is 5.91. The number of carbonyl (C=O) groups excluding carboxylic acids is 1. The minimum Gasteiger partial charge on any atom is -0.293 e. The molecule has 0 aliphatic heterocycles. The summed E-state index contributed by atoms with van der Waals surface area (Å²) in [4.78, 5) is 11.0. The number of hydrogen-bond donors (Lipinski definition) is 0. The second-order valence-corrected chi connectivity index (χ2v) is 3.26. The summed E-state index contributed by atoms with van der Waals surface area (Å²) in [7, 11) is 0. The zero-order chi connectivity index (χ0) is 11.5. The first kappa shape index (κ1) is 10.1. The quantitative estimate of drug-likeness (QED) is 0.704. The fourth-order valence-electron chi connectivity index (χ4n) is 1.24. The SMILES string of the molecule is CC(=O)c1cn(-c2ccc(C#N)cc2)nn1. The number of benzene rings is 1. The van der Waals surface area contributed by atoms with E-state index in [1.807, 2.05) is 6.07 Å². The Kier molecular flexibility index (Phi) is 2.48. The largest absolute Gasteiger partial charge is 0.293 e. The Labute approximate surface area is 91.9 Å². The molecule has 0 radical (unpaired) electrons. The van der Waals surface area contributed by atoms with Crippen molar-refractivity contribution in [3.05, 3.63) is 41.7 Å². The van der Waals surface area contributed by atoms with Crippen LogP contribution < -0.4 is 0 Å². The van der Waals surface area contributed by atoms with Crippen molar-refractivity contribution in [3.8, 4) is 11.8 Å². The fraction of sp³-hybridized carbons (Fsp3) is 0.0909. The predicted octanol–water partition coefficient (Wildman–Crippen LogP) is 1.34. The topological polar surface area (TPSA) is 71.6 Å². The lowest BCUT2D eigenvalue weighted by Gasteiger charge is -1.98. The molecule has 16 heavy (non-hydrogen) atoms. The van der Waals surface area contributed by atoms with Gasteiger partial charge in [0.2, 0.25) is 0 Å². The number of nitrogens with zero attached hydrogens (tertiary/aromatic N) is 4. The fourth-order valence-corrected chi connectivity index (χ4v) is 1.24. The van der Waals surface area contributed by atoms with Gasteiger partial charge in [-0.25, -0.2) is 4.68 Å². The van der Waals surface area contributed by atoms with E-state index in [0.717, 1.165) is 5.69 Å². The van der Waals surface area contributed by atoms with E-state index in [1.165, 1.54) is 11.6 Å². The van der Waals surface area contributed by atoms with Gasteiger partial charge in [0.15, 0.2) is 5.78 Å². The summed E-state index contributed by atoms with van der Waals surface area (Å²) in [6.45, 7) is 1.44. The van der Waals surface area contributed by atoms with Gasteiger partial charge in [0.25, 0.3) is 0 Å². The Morgan fingerprint density at radius 2 is 2.06 bits per heavy atom. The molecule has 0 aliphatic rings. The molecule has 2 aromatic rings. The number of aromatic nitrogens is 3. The van der Waals surface area contributed by atoms with Gasteiger partial charge < -0.3 is 0 Å². The average Bonchev–Trinajstić information content (AvgIpc) is 2.78. The summed E-state index contributed by atoms with van der Waals surface area (Å²) < 4.78 is 1.50. The van der Waals surface area contributed by atoms with Crippen LogP contribution in [0.15, 0.2) is 30.5 Å². The molecule has 1 aromatic heterocycles. The number of ketones is 1. The van der Waals surface area contributed by atoms with Gasteiger partial charge in [0, 0.05) is 6.92 Å². The monoisotopic (exact) mass is 212 g/mol. The molecule has 0 N–H and O–H groups in total. The summed E-state index contributed by atoms with van der Waals surface area (Å²) in [6.07, 6.45) is 1.56. The number of carbonyl (C=O) groups is 1. The standard InChI is InChI=1S/C11H8N4O/c1-8(16)11-7-15(14-13-11)10-4-2-9(6-12)3-5-10/h2-5,7H,1H3. The minimum absolute atomic E-state index is 0.125. The van der Waals surface area contributed by atoms with Crippen molar-refractivity contribution in [2.45, 2.75) is 6.92 Å². The van der Waals surface area contributed by atoms with Gasteiger partial charge in [-0.3, -0.25) is 4.79 Å². The van der Waals surface area contributed by atoms with Crippen molar-refractivity contribution in [1.29, 1.82) is 5.26 Å². The van der Waals surface area contributed by atoms with E-state index < -0.39 is 0 Å². The Morgan fingerprint density at radius 3 is 2.56 bits per heavy atom.